The first-order valence-corrected chi connectivity index (χ1v) is 12.5. The Morgan fingerprint density at radius 3 is 2.63 bits per heavy atom. The molecule has 8 heteroatoms. The minimum atomic E-state index is -0.649. The van der Waals surface area contributed by atoms with Gasteiger partial charge in [0, 0.05) is 23.0 Å². The van der Waals surface area contributed by atoms with E-state index in [4.69, 9.17) is 9.84 Å². The topological polar surface area (TPSA) is 91.6 Å². The third kappa shape index (κ3) is 4.41. The minimum absolute atomic E-state index is 0.307. The van der Waals surface area contributed by atoms with E-state index in [-0.39, 0.29) is 0 Å². The van der Waals surface area contributed by atoms with Gasteiger partial charge in [0.15, 0.2) is 5.75 Å². The molecule has 0 unspecified atom stereocenters. The van der Waals surface area contributed by atoms with Crippen LogP contribution in [0.2, 0.25) is 0 Å². The third-order valence-corrected chi connectivity index (χ3v) is 7.17. The molecule has 0 bridgehead atoms. The number of benzene rings is 1. The van der Waals surface area contributed by atoms with Crippen LogP contribution in [0, 0.1) is 6.92 Å². The van der Waals surface area contributed by atoms with Gasteiger partial charge in [0.1, 0.15) is 12.0 Å². The fourth-order valence-electron chi connectivity index (χ4n) is 5.63. The molecule has 0 amide bonds. The molecule has 1 aliphatic heterocycles. The Bertz CT molecular complexity index is 1360. The van der Waals surface area contributed by atoms with E-state index < -0.39 is 5.60 Å². The van der Waals surface area contributed by atoms with Crippen molar-refractivity contribution >= 4 is 16.6 Å². The molecule has 1 aromatic carbocycles. The van der Waals surface area contributed by atoms with E-state index in [0.29, 0.717) is 23.2 Å². The molecule has 35 heavy (non-hydrogen) atoms. The number of nitrogens with zero attached hydrogens (tertiary/aromatic N) is 5. The van der Waals surface area contributed by atoms with Gasteiger partial charge in [0.05, 0.1) is 18.4 Å². The Morgan fingerprint density at radius 2 is 1.97 bits per heavy atom. The zero-order chi connectivity index (χ0) is 24.9. The number of β-amino-alcohol motifs (C(OH)–C–C–N with tert-alkyl or cyclic N) is 1. The average molecular weight is 477 g/mol. The number of nitrogens with one attached hydrogen (secondary N) is 1. The summed E-state index contributed by atoms with van der Waals surface area (Å²) < 4.78 is 7.24. The fourth-order valence-corrected chi connectivity index (χ4v) is 5.63. The maximum atomic E-state index is 10.2. The molecule has 0 saturated carbocycles. The lowest BCUT2D eigenvalue weighted by molar-refractivity contribution is 0.0282. The summed E-state index contributed by atoms with van der Waals surface area (Å²) >= 11 is 0. The molecule has 0 aliphatic carbocycles. The van der Waals surface area contributed by atoms with Crippen LogP contribution >= 0.6 is 0 Å². The number of ether oxygens (including phenoxy) is 1. The first-order valence-electron chi connectivity index (χ1n) is 12.5. The lowest BCUT2D eigenvalue weighted by Crippen LogP contribution is -2.42. The number of H-pyrrole nitrogens is 1. The number of hydrogen-bond acceptors (Lipinski definition) is 6. The van der Waals surface area contributed by atoms with E-state index in [0.717, 1.165) is 54.9 Å². The number of methoxy groups -OCH3 is 1. The molecule has 8 nitrogen and oxygen atoms in total. The van der Waals surface area contributed by atoms with Crippen molar-refractivity contribution in [3.8, 4) is 17.1 Å². The Hall–Kier alpha value is -2.97. The van der Waals surface area contributed by atoms with Crippen LogP contribution in [0.4, 0.5) is 0 Å². The van der Waals surface area contributed by atoms with Crippen LogP contribution in [0.25, 0.3) is 27.9 Å². The Labute approximate surface area is 206 Å². The van der Waals surface area contributed by atoms with Crippen molar-refractivity contribution in [3.05, 3.63) is 41.2 Å². The Kier molecular flexibility index (Phi) is 6.05. The fraction of sp³-hybridized carbons (Fsp3) is 0.519. The molecule has 1 fully saturated rings. The van der Waals surface area contributed by atoms with Gasteiger partial charge in [-0.05, 0) is 81.8 Å². The molecule has 5 rings (SSSR count). The third-order valence-electron chi connectivity index (χ3n) is 7.17. The van der Waals surface area contributed by atoms with E-state index in [2.05, 4.69) is 52.0 Å². The summed E-state index contributed by atoms with van der Waals surface area (Å²) in [6.45, 7) is 13.0. The number of rotatable bonds is 6. The monoisotopic (exact) mass is 476 g/mol. The first-order chi connectivity index (χ1) is 16.7. The minimum Gasteiger partial charge on any atom is -0.492 e. The van der Waals surface area contributed by atoms with E-state index in [1.807, 2.05) is 20.8 Å². The van der Waals surface area contributed by atoms with Crippen LogP contribution in [0.3, 0.4) is 0 Å². The smallest absolute Gasteiger partial charge is 0.218 e. The standard InChI is InChI=1S/C27H36N6O2/c1-16(2)22-20-13-19(18-9-11-32(12-10-18)14-27(4,5)34)7-8-21(20)30-24(22)23-17(3)25(35-6)26-28-15-29-33(26)31-23/h7-8,13,15-16,18,30,34H,9-12,14H2,1-6H3. The van der Waals surface area contributed by atoms with E-state index in [1.165, 1.54) is 22.8 Å². The number of aromatic amines is 1. The predicted molar refractivity (Wildman–Crippen MR) is 138 cm³/mol. The van der Waals surface area contributed by atoms with Crippen molar-refractivity contribution in [2.45, 2.75) is 64.9 Å². The highest BCUT2D eigenvalue weighted by molar-refractivity contribution is 5.92. The maximum Gasteiger partial charge on any atom is 0.218 e. The summed E-state index contributed by atoms with van der Waals surface area (Å²) in [5, 5.41) is 20.5. The van der Waals surface area contributed by atoms with Crippen LogP contribution in [-0.2, 0) is 0 Å². The number of hydrogen-bond donors (Lipinski definition) is 2. The highest BCUT2D eigenvalue weighted by Gasteiger charge is 2.27. The van der Waals surface area contributed by atoms with Gasteiger partial charge in [-0.25, -0.2) is 4.98 Å². The van der Waals surface area contributed by atoms with Gasteiger partial charge in [0.2, 0.25) is 5.65 Å². The van der Waals surface area contributed by atoms with Crippen molar-refractivity contribution in [1.29, 1.82) is 0 Å². The summed E-state index contributed by atoms with van der Waals surface area (Å²) in [5.41, 5.74) is 6.53. The quantitative estimate of drug-likeness (QED) is 0.420. The summed E-state index contributed by atoms with van der Waals surface area (Å²) in [6, 6.07) is 6.86. The second kappa shape index (κ2) is 8.91. The summed E-state index contributed by atoms with van der Waals surface area (Å²) in [6.07, 6.45) is 3.72. The van der Waals surface area contributed by atoms with E-state index in [1.54, 1.807) is 11.7 Å². The molecule has 1 saturated heterocycles. The maximum absolute atomic E-state index is 10.2. The summed E-state index contributed by atoms with van der Waals surface area (Å²) in [4.78, 5) is 10.3. The molecule has 1 aliphatic rings. The van der Waals surface area contributed by atoms with E-state index >= 15 is 0 Å². The summed E-state index contributed by atoms with van der Waals surface area (Å²) in [7, 11) is 1.66. The molecule has 0 radical (unpaired) electrons. The normalized spacial score (nSPS) is 16.1. The molecule has 4 aromatic rings. The van der Waals surface area contributed by atoms with Crippen LogP contribution in [0.1, 0.15) is 69.1 Å². The number of piperidine rings is 1. The van der Waals surface area contributed by atoms with Crippen molar-refractivity contribution in [3.63, 3.8) is 0 Å². The van der Waals surface area contributed by atoms with Crippen molar-refractivity contribution < 1.29 is 9.84 Å². The number of fused-ring (bicyclic) bond motifs is 2. The Morgan fingerprint density at radius 1 is 1.23 bits per heavy atom. The van der Waals surface area contributed by atoms with Crippen molar-refractivity contribution in [1.82, 2.24) is 29.7 Å². The molecular formula is C27H36N6O2. The second-order valence-electron chi connectivity index (χ2n) is 10.8. The van der Waals surface area contributed by atoms with Gasteiger partial charge in [-0.1, -0.05) is 19.9 Å². The molecule has 2 N–H and O–H groups in total. The van der Waals surface area contributed by atoms with Gasteiger partial charge in [0.25, 0.3) is 0 Å². The largest absolute Gasteiger partial charge is 0.492 e. The van der Waals surface area contributed by atoms with Gasteiger partial charge in [-0.2, -0.15) is 0 Å². The lowest BCUT2D eigenvalue weighted by Gasteiger charge is -2.35. The molecule has 0 atom stereocenters. The van der Waals surface area contributed by atoms with Crippen LogP contribution < -0.4 is 4.74 Å². The zero-order valence-electron chi connectivity index (χ0n) is 21.6. The van der Waals surface area contributed by atoms with Gasteiger partial charge in [-0.15, -0.1) is 14.8 Å². The highest BCUT2D eigenvalue weighted by Crippen LogP contribution is 2.40. The van der Waals surface area contributed by atoms with Gasteiger partial charge in [-0.3, -0.25) is 0 Å². The van der Waals surface area contributed by atoms with Gasteiger partial charge >= 0.3 is 0 Å². The first kappa shape index (κ1) is 23.8. The van der Waals surface area contributed by atoms with Crippen molar-refractivity contribution in [2.24, 2.45) is 0 Å². The van der Waals surface area contributed by atoms with Gasteiger partial charge < -0.3 is 19.7 Å². The molecular weight excluding hydrogens is 440 g/mol. The lowest BCUT2D eigenvalue weighted by atomic mass is 9.87. The van der Waals surface area contributed by atoms with Crippen molar-refractivity contribution in [2.75, 3.05) is 26.7 Å². The molecule has 4 heterocycles. The Balaban J connectivity index is 1.53. The number of aromatic nitrogens is 5. The zero-order valence-corrected chi connectivity index (χ0v) is 21.6. The average Bonchev–Trinajstić information content (AvgIpc) is 3.42. The highest BCUT2D eigenvalue weighted by atomic mass is 16.5. The molecule has 186 valence electrons. The number of likely N-dealkylation sites (tertiary alicyclic amines) is 1. The predicted octanol–water partition coefficient (Wildman–Crippen LogP) is 4.66. The van der Waals surface area contributed by atoms with Crippen LogP contribution in [0.15, 0.2) is 24.5 Å². The molecule has 0 spiro atoms. The van der Waals surface area contributed by atoms with Crippen LogP contribution in [0.5, 0.6) is 5.75 Å². The van der Waals surface area contributed by atoms with Crippen LogP contribution in [-0.4, -0.2) is 67.1 Å². The SMILES string of the molecule is COc1c(C)c(-c2[nH]c3ccc(C4CCN(CC(C)(C)O)CC4)cc3c2C(C)C)nn2ncnc12. The second-order valence-corrected chi connectivity index (χ2v) is 10.8. The summed E-state index contributed by atoms with van der Waals surface area (Å²) in [5.74, 6) is 1.53. The number of aliphatic hydroxyl groups is 1. The van der Waals surface area contributed by atoms with E-state index in [9.17, 15) is 5.11 Å². The molecule has 3 aromatic heterocycles.